The Labute approximate surface area is 424 Å². The van der Waals surface area contributed by atoms with Crippen LogP contribution in [0.3, 0.4) is 0 Å². The van der Waals surface area contributed by atoms with E-state index in [1.165, 1.54) is 33.3 Å². The van der Waals surface area contributed by atoms with E-state index in [-0.39, 0.29) is 68.0 Å². The first kappa shape index (κ1) is 54.3. The second-order valence-electron chi connectivity index (χ2n) is 20.0. The standard InChI is InChI=1S/C51H61F4N9O8S/c1-28-22-63(23-29(2)61(28)7)40-19-38(52)35(17-39(40)59-47(69)36-21-56-42(66)18-37(36)51(53,54)55)32-12-14-62(15-13-32)44(68)26-72-25-43(67)60-46(50(4,5)6)49(71)64-24-34(65)16-41(64)48(70)57-20-31-8-10-33(11-9-31)45-30(3)58-27-73-45/h8-12,17-19,21,27-29,34,41,46,65H,13-16,20,22-26H2,1-7H3,(H,56,66)(H,57,70)(H,59,69)(H,60,67)/t28-,29+,34-,41+,46-/m1/s1. The molecule has 0 unspecified atom stereocenters. The van der Waals surface area contributed by atoms with Gasteiger partial charge in [-0.15, -0.1) is 11.3 Å². The number of carbonyl (C=O) groups excluding carboxylic acids is 5. The Kier molecular flexibility index (Phi) is 16.6. The number of likely N-dealkylation sites (tertiary alicyclic amines) is 1. The van der Waals surface area contributed by atoms with Gasteiger partial charge in [0.2, 0.25) is 29.2 Å². The number of piperazine rings is 1. The molecule has 2 saturated heterocycles. The van der Waals surface area contributed by atoms with Crippen LogP contribution in [0.4, 0.5) is 28.9 Å². The Morgan fingerprint density at radius 3 is 2.32 bits per heavy atom. The summed E-state index contributed by atoms with van der Waals surface area (Å²) in [6, 6.07) is 8.47. The predicted molar refractivity (Wildman–Crippen MR) is 267 cm³/mol. The fourth-order valence-corrected chi connectivity index (χ4v) is 10.1. The number of aromatic amines is 1. The highest BCUT2D eigenvalue weighted by Gasteiger charge is 2.45. The average Bonchev–Trinajstić information content (AvgIpc) is 3.96. The third kappa shape index (κ3) is 12.8. The number of nitrogens with one attached hydrogen (secondary N) is 4. The summed E-state index contributed by atoms with van der Waals surface area (Å²) >= 11 is 1.54. The van der Waals surface area contributed by atoms with Gasteiger partial charge in [-0.25, -0.2) is 9.37 Å². The summed E-state index contributed by atoms with van der Waals surface area (Å²) in [5, 5.41) is 18.7. The van der Waals surface area contributed by atoms with E-state index in [9.17, 15) is 47.0 Å². The number of benzene rings is 2. The molecule has 73 heavy (non-hydrogen) atoms. The van der Waals surface area contributed by atoms with Crippen molar-refractivity contribution in [1.82, 2.24) is 35.3 Å². The Morgan fingerprint density at radius 2 is 1.70 bits per heavy atom. The van der Waals surface area contributed by atoms with Crippen molar-refractivity contribution in [3.63, 3.8) is 0 Å². The van der Waals surface area contributed by atoms with Gasteiger partial charge < -0.3 is 45.5 Å². The molecule has 4 aromatic rings. The Balaban J connectivity index is 0.961. The monoisotopic (exact) mass is 1040 g/mol. The summed E-state index contributed by atoms with van der Waals surface area (Å²) in [6.45, 7) is 11.0. The lowest BCUT2D eigenvalue weighted by Crippen LogP contribution is -2.58. The van der Waals surface area contributed by atoms with E-state index in [1.807, 2.05) is 57.0 Å². The molecule has 0 saturated carbocycles. The lowest BCUT2D eigenvalue weighted by atomic mass is 9.85. The van der Waals surface area contributed by atoms with Gasteiger partial charge in [0, 0.05) is 75.6 Å². The maximum atomic E-state index is 16.2. The maximum absolute atomic E-state index is 16.2. The summed E-state index contributed by atoms with van der Waals surface area (Å²) in [6.07, 6.45) is -3.52. The highest BCUT2D eigenvalue weighted by Crippen LogP contribution is 2.38. The fourth-order valence-electron chi connectivity index (χ4n) is 9.30. The number of pyridine rings is 1. The Bertz CT molecular complexity index is 2800. The van der Waals surface area contributed by atoms with E-state index in [2.05, 4.69) is 30.8 Å². The molecule has 5 N–H and O–H groups in total. The molecule has 2 fully saturated rings. The molecule has 392 valence electrons. The van der Waals surface area contributed by atoms with Crippen molar-refractivity contribution in [3.05, 3.63) is 104 Å². The number of carbonyl (C=O) groups is 5. The summed E-state index contributed by atoms with van der Waals surface area (Å²) < 4.78 is 63.7. The molecule has 7 rings (SSSR count). The zero-order chi connectivity index (χ0) is 53.1. The van der Waals surface area contributed by atoms with Gasteiger partial charge in [-0.2, -0.15) is 13.2 Å². The third-order valence-corrected chi connectivity index (χ3v) is 14.6. The summed E-state index contributed by atoms with van der Waals surface area (Å²) in [5.74, 6) is -4.03. The topological polar surface area (TPSA) is 210 Å². The molecule has 0 radical (unpaired) electrons. The van der Waals surface area contributed by atoms with Crippen molar-refractivity contribution in [1.29, 1.82) is 0 Å². The number of H-pyrrole nitrogens is 1. The molecule has 5 heterocycles. The van der Waals surface area contributed by atoms with Crippen molar-refractivity contribution in [3.8, 4) is 10.4 Å². The summed E-state index contributed by atoms with van der Waals surface area (Å²) in [7, 11) is 1.95. The number of likely N-dealkylation sites (N-methyl/N-ethyl adjacent to an activating group) is 1. The number of ether oxygens (including phenoxy) is 1. The van der Waals surface area contributed by atoms with Crippen LogP contribution in [0.25, 0.3) is 16.0 Å². The largest absolute Gasteiger partial charge is 0.417 e. The molecule has 5 amide bonds. The van der Waals surface area contributed by atoms with Crippen LogP contribution in [0, 0.1) is 18.2 Å². The van der Waals surface area contributed by atoms with E-state index in [0.717, 1.165) is 21.7 Å². The molecule has 22 heteroatoms. The van der Waals surface area contributed by atoms with Gasteiger partial charge in [0.25, 0.3) is 5.91 Å². The van der Waals surface area contributed by atoms with Crippen molar-refractivity contribution in [2.75, 3.05) is 63.2 Å². The minimum atomic E-state index is -5.02. The normalized spacial score (nSPS) is 20.1. The molecule has 2 aromatic carbocycles. The number of thiazole rings is 1. The number of alkyl halides is 3. The first-order valence-corrected chi connectivity index (χ1v) is 24.8. The molecule has 0 spiro atoms. The smallest absolute Gasteiger partial charge is 0.391 e. The molecule has 2 aromatic heterocycles. The molecule has 17 nitrogen and oxygen atoms in total. The van der Waals surface area contributed by atoms with Gasteiger partial charge in [0.05, 0.1) is 44.7 Å². The fraction of sp³-hybridized carbons (Fsp3) is 0.471. The number of aliphatic hydroxyl groups excluding tert-OH is 1. The maximum Gasteiger partial charge on any atom is 0.417 e. The number of β-amino-alcohol motifs (C(OH)–C–C–N with tert-alkyl or cyclic N) is 1. The minimum absolute atomic E-state index is 0.00435. The van der Waals surface area contributed by atoms with Gasteiger partial charge in [0.1, 0.15) is 31.1 Å². The van der Waals surface area contributed by atoms with Crippen molar-refractivity contribution < 1.29 is 51.4 Å². The molecule has 0 aliphatic carbocycles. The molecule has 0 bridgehead atoms. The van der Waals surface area contributed by atoms with E-state index in [4.69, 9.17) is 4.74 Å². The van der Waals surface area contributed by atoms with E-state index >= 15 is 4.39 Å². The van der Waals surface area contributed by atoms with Crippen LogP contribution in [0.2, 0.25) is 0 Å². The number of hydrogen-bond acceptors (Lipinski definition) is 12. The first-order chi connectivity index (χ1) is 34.4. The van der Waals surface area contributed by atoms with E-state index in [0.29, 0.717) is 30.9 Å². The number of aromatic nitrogens is 2. The van der Waals surface area contributed by atoms with Crippen molar-refractivity contribution >= 4 is 57.8 Å². The highest BCUT2D eigenvalue weighted by molar-refractivity contribution is 7.13. The average molecular weight is 1040 g/mol. The number of nitrogens with zero attached hydrogens (tertiary/aromatic N) is 5. The number of anilines is 2. The predicted octanol–water partition coefficient (Wildman–Crippen LogP) is 5.19. The second-order valence-corrected chi connectivity index (χ2v) is 20.8. The minimum Gasteiger partial charge on any atom is -0.391 e. The molecule has 3 aliphatic rings. The summed E-state index contributed by atoms with van der Waals surface area (Å²) in [4.78, 5) is 93.8. The van der Waals surface area contributed by atoms with Crippen LogP contribution in [-0.2, 0) is 36.6 Å². The number of rotatable bonds is 14. The first-order valence-electron chi connectivity index (χ1n) is 23.9. The number of aliphatic hydroxyl groups is 1. The van der Waals surface area contributed by atoms with E-state index in [1.54, 1.807) is 32.4 Å². The lowest BCUT2D eigenvalue weighted by Gasteiger charge is -2.44. The van der Waals surface area contributed by atoms with Gasteiger partial charge in [-0.05, 0) is 68.5 Å². The SMILES string of the molecule is Cc1ncsc1-c1ccc(CNC(=O)[C@@H]2C[C@@H](O)CN2C(=O)[C@@H](NC(=O)COCC(=O)N2CC=C(c3cc(NC(=O)c4c[nH]c(=O)cc4C(F)(F)F)c(N4C[C@@H](C)N(C)[C@@H](C)C4)cc3F)CC2)C(C)(C)C)cc1. The van der Waals surface area contributed by atoms with Crippen LogP contribution >= 0.6 is 11.3 Å². The van der Waals surface area contributed by atoms with Crippen LogP contribution in [-0.4, -0.2) is 143 Å². The summed E-state index contributed by atoms with van der Waals surface area (Å²) in [5.41, 5.74) is 1.23. The van der Waals surface area contributed by atoms with Crippen LogP contribution in [0.15, 0.2) is 65.0 Å². The lowest BCUT2D eigenvalue weighted by molar-refractivity contribution is -0.145. The van der Waals surface area contributed by atoms with Gasteiger partial charge in [-0.3, -0.25) is 33.7 Å². The third-order valence-electron chi connectivity index (χ3n) is 13.6. The Hall–Kier alpha value is -6.49. The number of halogens is 4. The van der Waals surface area contributed by atoms with Crippen LogP contribution in [0.5, 0.6) is 0 Å². The molecular formula is C51H61F4N9O8S. The van der Waals surface area contributed by atoms with Gasteiger partial charge in [-0.1, -0.05) is 51.1 Å². The van der Waals surface area contributed by atoms with Crippen LogP contribution < -0.4 is 26.4 Å². The number of aryl methyl sites for hydroxylation is 1. The van der Waals surface area contributed by atoms with Crippen molar-refractivity contribution in [2.24, 2.45) is 5.41 Å². The van der Waals surface area contributed by atoms with Gasteiger partial charge in [0.15, 0.2) is 0 Å². The quantitative estimate of drug-likeness (QED) is 0.104. The highest BCUT2D eigenvalue weighted by atomic mass is 32.1. The zero-order valence-electron chi connectivity index (χ0n) is 41.7. The number of hydrogen-bond donors (Lipinski definition) is 5. The Morgan fingerprint density at radius 1 is 1.00 bits per heavy atom. The number of amides is 5. The molecular weight excluding hydrogens is 975 g/mol. The van der Waals surface area contributed by atoms with Gasteiger partial charge >= 0.3 is 6.18 Å². The second kappa shape index (κ2) is 22.3. The zero-order valence-corrected chi connectivity index (χ0v) is 42.5. The molecule has 3 aliphatic heterocycles. The van der Waals surface area contributed by atoms with Crippen LogP contribution in [0.1, 0.15) is 80.2 Å². The van der Waals surface area contributed by atoms with Crippen molar-refractivity contribution in [2.45, 2.75) is 97.4 Å². The molecule has 5 atom stereocenters. The van der Waals surface area contributed by atoms with E-state index < -0.39 is 95.0 Å².